The maximum absolute atomic E-state index is 13.6. The van der Waals surface area contributed by atoms with Crippen LogP contribution in [0, 0.1) is 25.1 Å². The Labute approximate surface area is 110 Å². The number of benzene rings is 1. The third-order valence-corrected chi connectivity index (χ3v) is 2.54. The number of hydrogen-bond acceptors (Lipinski definition) is 3. The highest BCUT2D eigenvalue weighted by Crippen LogP contribution is 2.25. The zero-order valence-electron chi connectivity index (χ0n) is 10.7. The van der Waals surface area contributed by atoms with Crippen molar-refractivity contribution in [3.8, 4) is 11.6 Å². The Morgan fingerprint density at radius 3 is 2.68 bits per heavy atom. The molecule has 0 bridgehead atoms. The molecule has 0 fully saturated rings. The molecule has 1 aromatic carbocycles. The molecule has 0 radical (unpaired) electrons. The molecule has 19 heavy (non-hydrogen) atoms. The van der Waals surface area contributed by atoms with E-state index >= 15 is 0 Å². The van der Waals surface area contributed by atoms with Crippen LogP contribution in [0.4, 0.5) is 4.39 Å². The number of rotatable bonds is 3. The molecule has 3 N–H and O–H groups in total. The molecule has 0 aliphatic rings. The number of hydrogen-bond donors (Lipinski definition) is 2. The normalized spacial score (nSPS) is 10.3. The summed E-state index contributed by atoms with van der Waals surface area (Å²) in [6.07, 6.45) is 0. The van der Waals surface area contributed by atoms with E-state index in [1.54, 1.807) is 25.1 Å². The molecule has 1 aromatic heterocycles. The van der Waals surface area contributed by atoms with E-state index < -0.39 is 5.82 Å². The van der Waals surface area contributed by atoms with E-state index in [-0.39, 0.29) is 17.5 Å². The molecule has 0 saturated carbocycles. The average Bonchev–Trinajstić information content (AvgIpc) is 2.33. The maximum Gasteiger partial charge on any atom is 0.220 e. The Bertz CT molecular complexity index is 641. The summed E-state index contributed by atoms with van der Waals surface area (Å²) in [6.45, 7) is 3.60. The number of nitrogen functional groups attached to an aromatic ring is 1. The van der Waals surface area contributed by atoms with Crippen molar-refractivity contribution >= 4 is 5.84 Å². The van der Waals surface area contributed by atoms with Crippen LogP contribution in [-0.4, -0.2) is 10.8 Å². The van der Waals surface area contributed by atoms with Crippen molar-refractivity contribution in [2.75, 3.05) is 0 Å². The fourth-order valence-electron chi connectivity index (χ4n) is 1.65. The van der Waals surface area contributed by atoms with Gasteiger partial charge in [-0.05, 0) is 37.6 Å². The minimum atomic E-state index is -0.460. The quantitative estimate of drug-likeness (QED) is 0.657. The van der Waals surface area contributed by atoms with Crippen molar-refractivity contribution in [2.45, 2.75) is 13.8 Å². The summed E-state index contributed by atoms with van der Waals surface area (Å²) < 4.78 is 19.0. The second-order valence-electron chi connectivity index (χ2n) is 4.29. The van der Waals surface area contributed by atoms with Gasteiger partial charge in [-0.3, -0.25) is 5.41 Å². The van der Waals surface area contributed by atoms with E-state index in [2.05, 4.69) is 4.98 Å². The van der Waals surface area contributed by atoms with Crippen LogP contribution >= 0.6 is 0 Å². The SMILES string of the molecule is Cc1ccc(F)c(Oc2cc(C(=N)N)cc(C)n2)c1. The minimum Gasteiger partial charge on any atom is -0.436 e. The van der Waals surface area contributed by atoms with Crippen molar-refractivity contribution in [1.29, 1.82) is 5.41 Å². The lowest BCUT2D eigenvalue weighted by Gasteiger charge is -2.09. The molecule has 5 heteroatoms. The van der Waals surface area contributed by atoms with Gasteiger partial charge >= 0.3 is 0 Å². The molecular formula is C14H14FN3O. The molecule has 0 saturated heterocycles. The van der Waals surface area contributed by atoms with Gasteiger partial charge in [0.25, 0.3) is 0 Å². The van der Waals surface area contributed by atoms with E-state index in [1.807, 2.05) is 6.92 Å². The number of aryl methyl sites for hydroxylation is 2. The topological polar surface area (TPSA) is 72.0 Å². The predicted octanol–water partition coefficient (Wildman–Crippen LogP) is 2.91. The smallest absolute Gasteiger partial charge is 0.220 e. The van der Waals surface area contributed by atoms with Gasteiger partial charge in [-0.2, -0.15) is 0 Å². The summed E-state index contributed by atoms with van der Waals surface area (Å²) in [5, 5.41) is 7.41. The van der Waals surface area contributed by atoms with Crippen molar-refractivity contribution in [2.24, 2.45) is 5.73 Å². The van der Waals surface area contributed by atoms with Gasteiger partial charge in [0, 0.05) is 17.3 Å². The van der Waals surface area contributed by atoms with Crippen LogP contribution in [0.3, 0.4) is 0 Å². The van der Waals surface area contributed by atoms with Crippen LogP contribution in [0.15, 0.2) is 30.3 Å². The Morgan fingerprint density at radius 1 is 1.26 bits per heavy atom. The molecule has 4 nitrogen and oxygen atoms in total. The lowest BCUT2D eigenvalue weighted by molar-refractivity contribution is 0.426. The summed E-state index contributed by atoms with van der Waals surface area (Å²) in [5.41, 5.74) is 7.45. The molecule has 0 aliphatic heterocycles. The fraction of sp³-hybridized carbons (Fsp3) is 0.143. The fourth-order valence-corrected chi connectivity index (χ4v) is 1.65. The molecule has 2 aromatic rings. The van der Waals surface area contributed by atoms with Crippen LogP contribution in [0.2, 0.25) is 0 Å². The number of nitrogens with zero attached hydrogens (tertiary/aromatic N) is 1. The van der Waals surface area contributed by atoms with Gasteiger partial charge in [0.15, 0.2) is 11.6 Å². The van der Waals surface area contributed by atoms with Crippen LogP contribution < -0.4 is 10.5 Å². The number of ether oxygens (including phenoxy) is 1. The monoisotopic (exact) mass is 259 g/mol. The first-order valence-electron chi connectivity index (χ1n) is 5.73. The highest BCUT2D eigenvalue weighted by atomic mass is 19.1. The highest BCUT2D eigenvalue weighted by molar-refractivity contribution is 5.95. The molecule has 2 rings (SSSR count). The molecule has 0 amide bonds. The Hall–Kier alpha value is -2.43. The maximum atomic E-state index is 13.6. The molecule has 0 aliphatic carbocycles. The molecule has 0 spiro atoms. The number of nitrogens with two attached hydrogens (primary N) is 1. The average molecular weight is 259 g/mol. The number of pyridine rings is 1. The Balaban J connectivity index is 2.38. The third kappa shape index (κ3) is 3.07. The summed E-state index contributed by atoms with van der Waals surface area (Å²) in [7, 11) is 0. The lowest BCUT2D eigenvalue weighted by Crippen LogP contribution is -2.11. The van der Waals surface area contributed by atoms with Crippen molar-refractivity contribution in [3.63, 3.8) is 0 Å². The summed E-state index contributed by atoms with van der Waals surface area (Å²) in [5.74, 6) is -0.222. The molecule has 1 heterocycles. The van der Waals surface area contributed by atoms with Gasteiger partial charge in [0.05, 0.1) is 0 Å². The second kappa shape index (κ2) is 5.06. The van der Waals surface area contributed by atoms with Gasteiger partial charge in [0.2, 0.25) is 5.88 Å². The zero-order chi connectivity index (χ0) is 14.0. The highest BCUT2D eigenvalue weighted by Gasteiger charge is 2.08. The van der Waals surface area contributed by atoms with Crippen molar-refractivity contribution in [3.05, 3.63) is 53.0 Å². The van der Waals surface area contributed by atoms with Crippen molar-refractivity contribution in [1.82, 2.24) is 4.98 Å². The number of aromatic nitrogens is 1. The van der Waals surface area contributed by atoms with Crippen LogP contribution in [0.1, 0.15) is 16.8 Å². The second-order valence-corrected chi connectivity index (χ2v) is 4.29. The van der Waals surface area contributed by atoms with Crippen LogP contribution in [0.5, 0.6) is 11.6 Å². The van der Waals surface area contributed by atoms with Gasteiger partial charge in [-0.15, -0.1) is 0 Å². The summed E-state index contributed by atoms with van der Waals surface area (Å²) in [6, 6.07) is 7.77. The third-order valence-electron chi connectivity index (χ3n) is 2.54. The van der Waals surface area contributed by atoms with E-state index in [0.29, 0.717) is 11.3 Å². The van der Waals surface area contributed by atoms with E-state index in [9.17, 15) is 4.39 Å². The minimum absolute atomic E-state index is 0.0833. The Kier molecular flexibility index (Phi) is 3.46. The van der Waals surface area contributed by atoms with Crippen molar-refractivity contribution < 1.29 is 9.13 Å². The van der Waals surface area contributed by atoms with Gasteiger partial charge < -0.3 is 10.5 Å². The van der Waals surface area contributed by atoms with Gasteiger partial charge in [-0.25, -0.2) is 9.37 Å². The predicted molar refractivity (Wildman–Crippen MR) is 71.2 cm³/mol. The summed E-state index contributed by atoms with van der Waals surface area (Å²) >= 11 is 0. The first-order chi connectivity index (χ1) is 8.95. The molecule has 0 atom stereocenters. The standard InChI is InChI=1S/C14H14FN3O/c1-8-3-4-11(15)12(5-8)19-13-7-10(14(16)17)6-9(2)18-13/h3-7H,1-2H3,(H3,16,17). The first-order valence-corrected chi connectivity index (χ1v) is 5.73. The van der Waals surface area contributed by atoms with Crippen LogP contribution in [-0.2, 0) is 0 Å². The van der Waals surface area contributed by atoms with E-state index in [1.165, 1.54) is 12.1 Å². The van der Waals surface area contributed by atoms with Gasteiger partial charge in [0.1, 0.15) is 5.84 Å². The number of amidine groups is 1. The number of halogens is 1. The Morgan fingerprint density at radius 2 is 2.00 bits per heavy atom. The van der Waals surface area contributed by atoms with Crippen LogP contribution in [0.25, 0.3) is 0 Å². The first kappa shape index (κ1) is 13.0. The molecule has 0 unspecified atom stereocenters. The largest absolute Gasteiger partial charge is 0.436 e. The summed E-state index contributed by atoms with van der Waals surface area (Å²) in [4.78, 5) is 4.14. The van der Waals surface area contributed by atoms with Gasteiger partial charge in [-0.1, -0.05) is 6.07 Å². The lowest BCUT2D eigenvalue weighted by atomic mass is 10.2. The van der Waals surface area contributed by atoms with E-state index in [0.717, 1.165) is 5.56 Å². The number of nitrogens with one attached hydrogen (secondary N) is 1. The van der Waals surface area contributed by atoms with E-state index in [4.69, 9.17) is 15.9 Å². The zero-order valence-corrected chi connectivity index (χ0v) is 10.7. The molecule has 98 valence electrons. The molecular weight excluding hydrogens is 245 g/mol.